The van der Waals surface area contributed by atoms with Gasteiger partial charge in [-0.25, -0.2) is 4.79 Å². The standard InChI is InChI=1S/C17H27N3O6/c1-11(21)25-12(2)26-16(23)19-14(10-24-17(3,4)5)15(22)20-8-6-7-13(20)9-18/h12-14H,6-8,10H2,1-5H3,(H,19,23)/t12?,13-,14-/m0/s1. The highest BCUT2D eigenvalue weighted by molar-refractivity contribution is 5.86. The fourth-order valence-corrected chi connectivity index (χ4v) is 2.46. The minimum absolute atomic E-state index is 0.0754. The van der Waals surface area contributed by atoms with E-state index in [1.54, 1.807) is 0 Å². The van der Waals surface area contributed by atoms with Crippen LogP contribution in [0.3, 0.4) is 0 Å². The van der Waals surface area contributed by atoms with Crippen molar-refractivity contribution in [3.05, 3.63) is 0 Å². The smallest absolute Gasteiger partial charge is 0.410 e. The molecule has 0 saturated carbocycles. The molecule has 1 heterocycles. The Morgan fingerprint density at radius 1 is 1.31 bits per heavy atom. The van der Waals surface area contributed by atoms with Gasteiger partial charge in [0.25, 0.3) is 0 Å². The topological polar surface area (TPSA) is 118 Å². The summed E-state index contributed by atoms with van der Waals surface area (Å²) in [4.78, 5) is 37.1. The first-order valence-electron chi connectivity index (χ1n) is 8.52. The van der Waals surface area contributed by atoms with Crippen LogP contribution < -0.4 is 5.32 Å². The minimum atomic E-state index is -1.09. The molecule has 1 rings (SSSR count). The van der Waals surface area contributed by atoms with Crippen LogP contribution in [0.2, 0.25) is 0 Å². The fourth-order valence-electron chi connectivity index (χ4n) is 2.46. The molecule has 0 aromatic carbocycles. The quantitative estimate of drug-likeness (QED) is 0.554. The largest absolute Gasteiger partial charge is 0.426 e. The molecule has 1 fully saturated rings. The number of rotatable bonds is 6. The third-order valence-electron chi connectivity index (χ3n) is 3.56. The molecule has 0 aliphatic carbocycles. The lowest BCUT2D eigenvalue weighted by atomic mass is 10.2. The predicted molar refractivity (Wildman–Crippen MR) is 90.7 cm³/mol. The van der Waals surface area contributed by atoms with E-state index in [1.807, 2.05) is 20.8 Å². The minimum Gasteiger partial charge on any atom is -0.426 e. The molecule has 9 nitrogen and oxygen atoms in total. The number of nitrogens with zero attached hydrogens (tertiary/aromatic N) is 2. The number of carbonyl (C=O) groups is 3. The second-order valence-electron chi connectivity index (χ2n) is 7.02. The van der Waals surface area contributed by atoms with Crippen molar-refractivity contribution in [2.45, 2.75) is 71.4 Å². The number of ether oxygens (including phenoxy) is 3. The lowest BCUT2D eigenvalue weighted by Gasteiger charge is -2.29. The summed E-state index contributed by atoms with van der Waals surface area (Å²) >= 11 is 0. The van der Waals surface area contributed by atoms with Crippen molar-refractivity contribution in [3.8, 4) is 6.07 Å². The molecule has 1 aliphatic rings. The second-order valence-corrected chi connectivity index (χ2v) is 7.02. The molecule has 1 aliphatic heterocycles. The van der Waals surface area contributed by atoms with Gasteiger partial charge in [0.2, 0.25) is 12.2 Å². The molecule has 0 spiro atoms. The summed E-state index contributed by atoms with van der Waals surface area (Å²) in [5.74, 6) is -1.00. The monoisotopic (exact) mass is 369 g/mol. The summed E-state index contributed by atoms with van der Waals surface area (Å²) in [5.41, 5.74) is -0.519. The van der Waals surface area contributed by atoms with Crippen molar-refractivity contribution in [2.24, 2.45) is 0 Å². The number of nitriles is 1. The highest BCUT2D eigenvalue weighted by atomic mass is 16.7. The van der Waals surface area contributed by atoms with Gasteiger partial charge in [-0.15, -0.1) is 0 Å². The normalized spacial score (nSPS) is 19.2. The van der Waals surface area contributed by atoms with E-state index in [0.717, 1.165) is 6.42 Å². The van der Waals surface area contributed by atoms with Crippen LogP contribution in [-0.2, 0) is 23.8 Å². The van der Waals surface area contributed by atoms with Gasteiger partial charge in [-0.05, 0) is 33.6 Å². The maximum Gasteiger partial charge on any atom is 0.410 e. The van der Waals surface area contributed by atoms with Gasteiger partial charge in [-0.1, -0.05) is 0 Å². The molecule has 9 heteroatoms. The van der Waals surface area contributed by atoms with Gasteiger partial charge in [0, 0.05) is 20.4 Å². The maximum absolute atomic E-state index is 12.8. The third kappa shape index (κ3) is 7.27. The van der Waals surface area contributed by atoms with Gasteiger partial charge in [0.05, 0.1) is 18.3 Å². The summed E-state index contributed by atoms with van der Waals surface area (Å²) in [6.45, 7) is 8.42. The van der Waals surface area contributed by atoms with E-state index >= 15 is 0 Å². The van der Waals surface area contributed by atoms with Crippen LogP contribution in [0, 0.1) is 11.3 Å². The zero-order valence-electron chi connectivity index (χ0n) is 15.9. The summed E-state index contributed by atoms with van der Waals surface area (Å²) in [5, 5.41) is 11.6. The third-order valence-corrected chi connectivity index (χ3v) is 3.56. The summed E-state index contributed by atoms with van der Waals surface area (Å²) < 4.78 is 15.3. The SMILES string of the molecule is CC(=O)OC(C)OC(=O)N[C@@H](COC(C)(C)C)C(=O)N1CCC[C@H]1C#N. The average molecular weight is 369 g/mol. The lowest BCUT2D eigenvalue weighted by molar-refractivity contribution is -0.162. The van der Waals surface area contributed by atoms with Gasteiger partial charge in [0.15, 0.2) is 0 Å². The fraction of sp³-hybridized carbons (Fsp3) is 0.765. The molecule has 3 atom stereocenters. The number of nitrogens with one attached hydrogen (secondary N) is 1. The lowest BCUT2D eigenvalue weighted by Crippen LogP contribution is -2.53. The Hall–Kier alpha value is -2.34. The Bertz CT molecular complexity index is 566. The number of esters is 1. The first-order chi connectivity index (χ1) is 12.0. The van der Waals surface area contributed by atoms with Gasteiger partial charge in [-0.3, -0.25) is 9.59 Å². The van der Waals surface area contributed by atoms with Crippen LogP contribution in [-0.4, -0.2) is 60.0 Å². The van der Waals surface area contributed by atoms with Crippen LogP contribution >= 0.6 is 0 Å². The summed E-state index contributed by atoms with van der Waals surface area (Å²) in [6, 6.07) is 0.562. The Balaban J connectivity index is 2.77. The van der Waals surface area contributed by atoms with Crippen LogP contribution in [0.5, 0.6) is 0 Å². The molecule has 2 amide bonds. The van der Waals surface area contributed by atoms with E-state index in [0.29, 0.717) is 13.0 Å². The molecule has 0 bridgehead atoms. The molecule has 1 N–H and O–H groups in total. The highest BCUT2D eigenvalue weighted by Gasteiger charge is 2.35. The number of hydrogen-bond donors (Lipinski definition) is 1. The van der Waals surface area contributed by atoms with Crippen LogP contribution in [0.1, 0.15) is 47.5 Å². The maximum atomic E-state index is 12.8. The van der Waals surface area contributed by atoms with E-state index in [9.17, 15) is 19.6 Å². The van der Waals surface area contributed by atoms with Crippen molar-refractivity contribution in [3.63, 3.8) is 0 Å². The molecule has 0 aromatic rings. The first-order valence-corrected chi connectivity index (χ1v) is 8.52. The molecule has 26 heavy (non-hydrogen) atoms. The van der Waals surface area contributed by atoms with E-state index < -0.39 is 41.9 Å². The molecule has 1 unspecified atom stereocenters. The van der Waals surface area contributed by atoms with Gasteiger partial charge in [-0.2, -0.15) is 5.26 Å². The molecule has 0 radical (unpaired) electrons. The van der Waals surface area contributed by atoms with Crippen LogP contribution in [0.25, 0.3) is 0 Å². The number of likely N-dealkylation sites (tertiary alicyclic amines) is 1. The summed E-state index contributed by atoms with van der Waals surface area (Å²) in [6.07, 6.45) is -0.680. The van der Waals surface area contributed by atoms with Crippen molar-refractivity contribution in [1.82, 2.24) is 10.2 Å². The van der Waals surface area contributed by atoms with E-state index in [-0.39, 0.29) is 6.61 Å². The van der Waals surface area contributed by atoms with Crippen molar-refractivity contribution in [1.29, 1.82) is 5.26 Å². The number of amides is 2. The Labute approximate surface area is 153 Å². The average Bonchev–Trinajstić information content (AvgIpc) is 2.97. The van der Waals surface area contributed by atoms with Crippen molar-refractivity contribution < 1.29 is 28.6 Å². The van der Waals surface area contributed by atoms with Crippen LogP contribution in [0.15, 0.2) is 0 Å². The van der Waals surface area contributed by atoms with Gasteiger partial charge in [0.1, 0.15) is 12.1 Å². The Kier molecular flexibility index (Phi) is 7.83. The van der Waals surface area contributed by atoms with Gasteiger partial charge >= 0.3 is 12.1 Å². The molecule has 0 aromatic heterocycles. The number of hydrogen-bond acceptors (Lipinski definition) is 7. The molecule has 1 saturated heterocycles. The molecular formula is C17H27N3O6. The van der Waals surface area contributed by atoms with Crippen LogP contribution in [0.4, 0.5) is 4.79 Å². The molecular weight excluding hydrogens is 342 g/mol. The second kappa shape index (κ2) is 9.38. The van der Waals surface area contributed by atoms with E-state index in [1.165, 1.54) is 18.7 Å². The summed E-state index contributed by atoms with van der Waals surface area (Å²) in [7, 11) is 0. The number of alkyl carbamates (subject to hydrolysis) is 1. The zero-order chi connectivity index (χ0) is 19.9. The van der Waals surface area contributed by atoms with Crippen molar-refractivity contribution >= 4 is 18.0 Å². The van der Waals surface area contributed by atoms with Gasteiger partial charge < -0.3 is 24.4 Å². The first kappa shape index (κ1) is 21.7. The van der Waals surface area contributed by atoms with E-state index in [2.05, 4.69) is 11.4 Å². The van der Waals surface area contributed by atoms with Crippen molar-refractivity contribution in [2.75, 3.05) is 13.2 Å². The predicted octanol–water partition coefficient (Wildman–Crippen LogP) is 1.32. The van der Waals surface area contributed by atoms with E-state index in [4.69, 9.17) is 14.2 Å². The highest BCUT2D eigenvalue weighted by Crippen LogP contribution is 2.18. The molecule has 146 valence electrons. The Morgan fingerprint density at radius 3 is 2.50 bits per heavy atom. The number of carbonyl (C=O) groups excluding carboxylic acids is 3. The Morgan fingerprint density at radius 2 is 1.96 bits per heavy atom. The zero-order valence-corrected chi connectivity index (χ0v) is 15.9.